The summed E-state index contributed by atoms with van der Waals surface area (Å²) in [5.74, 6) is 0.488. The number of anilines is 1. The van der Waals surface area contributed by atoms with Gasteiger partial charge in [0.1, 0.15) is 6.26 Å². The van der Waals surface area contributed by atoms with E-state index in [0.717, 1.165) is 11.3 Å². The molecule has 2 aromatic rings. The highest BCUT2D eigenvalue weighted by Crippen LogP contribution is 2.31. The van der Waals surface area contributed by atoms with E-state index in [-0.39, 0.29) is 18.3 Å². The number of carbonyl (C=O) groups is 1. The molecule has 1 aromatic carbocycles. The molecule has 0 radical (unpaired) electrons. The Labute approximate surface area is 147 Å². The monoisotopic (exact) mass is 351 g/mol. The van der Waals surface area contributed by atoms with Crippen LogP contribution >= 0.6 is 12.4 Å². The first-order chi connectivity index (χ1) is 11.1. The maximum absolute atomic E-state index is 12.7. The predicted octanol–water partition coefficient (Wildman–Crippen LogP) is 2.77. The second-order valence-corrected chi connectivity index (χ2v) is 5.93. The molecule has 0 aliphatic carbocycles. The van der Waals surface area contributed by atoms with Crippen molar-refractivity contribution in [2.75, 3.05) is 25.1 Å². The van der Waals surface area contributed by atoms with E-state index in [9.17, 15) is 4.79 Å². The fourth-order valence-corrected chi connectivity index (χ4v) is 2.77. The number of amides is 1. The van der Waals surface area contributed by atoms with Crippen molar-refractivity contribution in [2.45, 2.75) is 19.8 Å². The van der Waals surface area contributed by atoms with Gasteiger partial charge in [-0.25, -0.2) is 4.98 Å². The van der Waals surface area contributed by atoms with Crippen LogP contribution in [0.5, 0.6) is 0 Å². The van der Waals surface area contributed by atoms with Crippen LogP contribution in [0.2, 0.25) is 0 Å². The summed E-state index contributed by atoms with van der Waals surface area (Å²) in [5.41, 5.74) is 7.68. The van der Waals surface area contributed by atoms with Crippen molar-refractivity contribution in [3.8, 4) is 11.5 Å². The molecule has 0 spiro atoms. The number of aryl methyl sites for hydroxylation is 1. The van der Waals surface area contributed by atoms with Crippen molar-refractivity contribution in [2.24, 2.45) is 11.1 Å². The molecule has 1 aliphatic heterocycles. The summed E-state index contributed by atoms with van der Waals surface area (Å²) in [5, 5.41) is 2.98. The van der Waals surface area contributed by atoms with Crippen LogP contribution in [0.3, 0.4) is 0 Å². The van der Waals surface area contributed by atoms with Gasteiger partial charge in [-0.1, -0.05) is 6.07 Å². The highest BCUT2D eigenvalue weighted by molar-refractivity contribution is 5.96. The summed E-state index contributed by atoms with van der Waals surface area (Å²) in [6.45, 7) is 3.33. The highest BCUT2D eigenvalue weighted by Gasteiger charge is 2.38. The molecule has 0 bridgehead atoms. The number of nitrogens with one attached hydrogen (secondary N) is 1. The summed E-state index contributed by atoms with van der Waals surface area (Å²) in [6.07, 6.45) is 2.90. The minimum Gasteiger partial charge on any atom is -0.444 e. The number of aromatic nitrogens is 1. The lowest BCUT2D eigenvalue weighted by Crippen LogP contribution is -2.46. The molecule has 24 heavy (non-hydrogen) atoms. The van der Waals surface area contributed by atoms with E-state index in [1.54, 1.807) is 6.26 Å². The van der Waals surface area contributed by atoms with Gasteiger partial charge >= 0.3 is 0 Å². The molecule has 0 unspecified atom stereocenters. The Bertz CT molecular complexity index is 696. The first-order valence-electron chi connectivity index (χ1n) is 7.75. The third-order valence-electron chi connectivity index (χ3n) is 4.31. The molecule has 1 fully saturated rings. The molecule has 130 valence electrons. The van der Waals surface area contributed by atoms with Gasteiger partial charge in [-0.3, -0.25) is 4.79 Å². The van der Waals surface area contributed by atoms with Crippen LogP contribution in [-0.2, 0) is 9.53 Å². The SMILES string of the molecule is Cc1coc(-c2cccc(NC(=O)C3(CN)CCOCC3)c2)n1.Cl. The molecular formula is C17H22ClN3O3. The van der Waals surface area contributed by atoms with E-state index >= 15 is 0 Å². The Morgan fingerprint density at radius 2 is 2.12 bits per heavy atom. The lowest BCUT2D eigenvalue weighted by Gasteiger charge is -2.34. The van der Waals surface area contributed by atoms with Gasteiger partial charge in [-0.15, -0.1) is 12.4 Å². The van der Waals surface area contributed by atoms with E-state index in [0.29, 0.717) is 44.2 Å². The number of carbonyl (C=O) groups excluding carboxylic acids is 1. The predicted molar refractivity (Wildman–Crippen MR) is 94.1 cm³/mol. The topological polar surface area (TPSA) is 90.4 Å². The fourth-order valence-electron chi connectivity index (χ4n) is 2.77. The standard InChI is InChI=1S/C17H21N3O3.ClH/c1-12-10-23-15(19-12)13-3-2-4-14(9-13)20-16(21)17(11-18)5-7-22-8-6-17;/h2-4,9-10H,5-8,11,18H2,1H3,(H,20,21);1H. The van der Waals surface area contributed by atoms with Crippen molar-refractivity contribution in [3.05, 3.63) is 36.2 Å². The number of ether oxygens (including phenoxy) is 1. The van der Waals surface area contributed by atoms with Crippen LogP contribution in [0.4, 0.5) is 5.69 Å². The summed E-state index contributed by atoms with van der Waals surface area (Å²) in [7, 11) is 0. The number of nitrogens with two attached hydrogens (primary N) is 1. The minimum absolute atomic E-state index is 0. The van der Waals surface area contributed by atoms with E-state index in [2.05, 4.69) is 10.3 Å². The van der Waals surface area contributed by atoms with Crippen LogP contribution in [0.1, 0.15) is 18.5 Å². The smallest absolute Gasteiger partial charge is 0.232 e. The molecule has 0 atom stereocenters. The normalized spacial score (nSPS) is 16.2. The first kappa shape index (κ1) is 18.4. The number of rotatable bonds is 4. The second kappa shape index (κ2) is 7.79. The summed E-state index contributed by atoms with van der Waals surface area (Å²) >= 11 is 0. The Kier molecular flexibility index (Phi) is 5.99. The minimum atomic E-state index is -0.548. The number of hydrogen-bond acceptors (Lipinski definition) is 5. The van der Waals surface area contributed by atoms with Gasteiger partial charge in [-0.05, 0) is 38.0 Å². The fraction of sp³-hybridized carbons (Fsp3) is 0.412. The van der Waals surface area contributed by atoms with E-state index < -0.39 is 5.41 Å². The van der Waals surface area contributed by atoms with Crippen LogP contribution in [0, 0.1) is 12.3 Å². The first-order valence-corrected chi connectivity index (χ1v) is 7.75. The van der Waals surface area contributed by atoms with Crippen LogP contribution in [0.15, 0.2) is 34.9 Å². The largest absolute Gasteiger partial charge is 0.444 e. The molecule has 0 saturated carbocycles. The lowest BCUT2D eigenvalue weighted by atomic mass is 9.79. The van der Waals surface area contributed by atoms with Crippen molar-refractivity contribution >= 4 is 24.0 Å². The van der Waals surface area contributed by atoms with E-state index in [1.807, 2.05) is 31.2 Å². The lowest BCUT2D eigenvalue weighted by molar-refractivity contribution is -0.130. The quantitative estimate of drug-likeness (QED) is 0.883. The van der Waals surface area contributed by atoms with E-state index in [4.69, 9.17) is 14.9 Å². The van der Waals surface area contributed by atoms with Crippen molar-refractivity contribution in [3.63, 3.8) is 0 Å². The average Bonchev–Trinajstić information content (AvgIpc) is 3.02. The third-order valence-corrected chi connectivity index (χ3v) is 4.31. The highest BCUT2D eigenvalue weighted by atomic mass is 35.5. The number of oxazole rings is 1. The molecule has 1 saturated heterocycles. The molecule has 1 amide bonds. The van der Waals surface area contributed by atoms with Crippen LogP contribution in [0.25, 0.3) is 11.5 Å². The zero-order chi connectivity index (χ0) is 16.3. The van der Waals surface area contributed by atoms with Crippen molar-refractivity contribution in [1.29, 1.82) is 0 Å². The Morgan fingerprint density at radius 3 is 2.75 bits per heavy atom. The van der Waals surface area contributed by atoms with Gasteiger partial charge in [0, 0.05) is 31.0 Å². The van der Waals surface area contributed by atoms with Gasteiger partial charge in [-0.2, -0.15) is 0 Å². The number of nitrogens with zero attached hydrogens (tertiary/aromatic N) is 1. The number of hydrogen-bond donors (Lipinski definition) is 2. The van der Waals surface area contributed by atoms with Gasteiger partial charge in [0.05, 0.1) is 11.1 Å². The van der Waals surface area contributed by atoms with Gasteiger partial charge in [0.25, 0.3) is 0 Å². The molecule has 6 nitrogen and oxygen atoms in total. The molecule has 3 N–H and O–H groups in total. The van der Waals surface area contributed by atoms with Gasteiger partial charge in [0.2, 0.25) is 11.8 Å². The van der Waals surface area contributed by atoms with Crippen molar-refractivity contribution in [1.82, 2.24) is 4.98 Å². The van der Waals surface area contributed by atoms with Crippen molar-refractivity contribution < 1.29 is 13.9 Å². The Morgan fingerprint density at radius 1 is 1.38 bits per heavy atom. The summed E-state index contributed by atoms with van der Waals surface area (Å²) in [6, 6.07) is 7.46. The van der Waals surface area contributed by atoms with Crippen LogP contribution in [-0.4, -0.2) is 30.6 Å². The van der Waals surface area contributed by atoms with E-state index in [1.165, 1.54) is 0 Å². The Balaban J connectivity index is 0.00000208. The molecule has 7 heteroatoms. The zero-order valence-electron chi connectivity index (χ0n) is 13.6. The van der Waals surface area contributed by atoms with Crippen LogP contribution < -0.4 is 11.1 Å². The average molecular weight is 352 g/mol. The zero-order valence-corrected chi connectivity index (χ0v) is 14.4. The number of halogens is 1. The maximum Gasteiger partial charge on any atom is 0.232 e. The summed E-state index contributed by atoms with van der Waals surface area (Å²) < 4.78 is 10.8. The molecule has 1 aliphatic rings. The molecule has 3 rings (SSSR count). The molecule has 2 heterocycles. The third kappa shape index (κ3) is 3.77. The maximum atomic E-state index is 12.7. The number of benzene rings is 1. The molecular weight excluding hydrogens is 330 g/mol. The van der Waals surface area contributed by atoms with Gasteiger partial charge in [0.15, 0.2) is 0 Å². The molecule has 1 aromatic heterocycles. The van der Waals surface area contributed by atoms with Gasteiger partial charge < -0.3 is 20.2 Å². The second-order valence-electron chi connectivity index (χ2n) is 5.93. The Hall–Kier alpha value is -1.89. The summed E-state index contributed by atoms with van der Waals surface area (Å²) in [4.78, 5) is 17.0.